The van der Waals surface area contributed by atoms with Crippen LogP contribution in [0.1, 0.15) is 39.5 Å². The van der Waals surface area contributed by atoms with Gasteiger partial charge in [-0.3, -0.25) is 0 Å². The van der Waals surface area contributed by atoms with E-state index in [0.717, 1.165) is 12.4 Å². The third kappa shape index (κ3) is 3.73. The largest absolute Gasteiger partial charge is 0.493 e. The van der Waals surface area contributed by atoms with Gasteiger partial charge in [0.25, 0.3) is 0 Å². The van der Waals surface area contributed by atoms with Crippen LogP contribution in [0, 0.1) is 5.92 Å². The molecule has 0 fully saturated rings. The molecular formula is C18H24O. The van der Waals surface area contributed by atoms with Crippen LogP contribution in [0.5, 0.6) is 5.75 Å². The Morgan fingerprint density at radius 2 is 1.79 bits per heavy atom. The molecule has 102 valence electrons. The molecule has 0 N–H and O–H groups in total. The van der Waals surface area contributed by atoms with Crippen LogP contribution in [0.4, 0.5) is 0 Å². The molecule has 1 nitrogen and oxygen atoms in total. The highest BCUT2D eigenvalue weighted by molar-refractivity contribution is 5.88. The predicted octanol–water partition coefficient (Wildman–Crippen LogP) is 5.44. The van der Waals surface area contributed by atoms with Gasteiger partial charge in [-0.1, -0.05) is 69.5 Å². The van der Waals surface area contributed by atoms with Crippen LogP contribution < -0.4 is 4.74 Å². The Labute approximate surface area is 116 Å². The second kappa shape index (κ2) is 7.18. The molecule has 0 amide bonds. The number of rotatable bonds is 7. The van der Waals surface area contributed by atoms with Crippen molar-refractivity contribution in [2.45, 2.75) is 39.5 Å². The van der Waals surface area contributed by atoms with Gasteiger partial charge in [0.05, 0.1) is 6.61 Å². The third-order valence-electron chi connectivity index (χ3n) is 3.77. The van der Waals surface area contributed by atoms with Crippen molar-refractivity contribution >= 4 is 10.8 Å². The Morgan fingerprint density at radius 3 is 2.58 bits per heavy atom. The van der Waals surface area contributed by atoms with Crippen LogP contribution in [0.3, 0.4) is 0 Å². The highest BCUT2D eigenvalue weighted by atomic mass is 16.5. The smallest absolute Gasteiger partial charge is 0.127 e. The topological polar surface area (TPSA) is 9.23 Å². The zero-order chi connectivity index (χ0) is 13.5. The highest BCUT2D eigenvalue weighted by Crippen LogP contribution is 2.26. The highest BCUT2D eigenvalue weighted by Gasteiger charge is 2.08. The standard InChI is InChI=1S/C18H24O/c1-3-5-9-15(4-2)14-19-18-13-8-11-16-10-6-7-12-17(16)18/h6-8,10-13,15H,3-5,9,14H2,1-2H3. The first kappa shape index (κ1) is 13.9. The zero-order valence-corrected chi connectivity index (χ0v) is 12.1. The van der Waals surface area contributed by atoms with Gasteiger partial charge in [-0.15, -0.1) is 0 Å². The molecule has 2 rings (SSSR count). The lowest BCUT2D eigenvalue weighted by atomic mass is 10.0. The Kier molecular flexibility index (Phi) is 5.26. The third-order valence-corrected chi connectivity index (χ3v) is 3.77. The minimum absolute atomic E-state index is 0.680. The summed E-state index contributed by atoms with van der Waals surface area (Å²) in [5.41, 5.74) is 0. The fraction of sp³-hybridized carbons (Fsp3) is 0.444. The fourth-order valence-electron chi connectivity index (χ4n) is 2.43. The van der Waals surface area contributed by atoms with Gasteiger partial charge in [0.2, 0.25) is 0 Å². The molecule has 0 aliphatic rings. The first-order chi connectivity index (χ1) is 9.35. The number of unbranched alkanes of at least 4 members (excludes halogenated alkanes) is 1. The number of hydrogen-bond acceptors (Lipinski definition) is 1. The second-order valence-corrected chi connectivity index (χ2v) is 5.20. The van der Waals surface area contributed by atoms with Gasteiger partial charge in [-0.25, -0.2) is 0 Å². The molecule has 1 heteroatoms. The SMILES string of the molecule is CCCCC(CC)COc1cccc2ccccc12. The molecule has 0 aliphatic carbocycles. The normalized spacial score (nSPS) is 12.5. The fourth-order valence-corrected chi connectivity index (χ4v) is 2.43. The van der Waals surface area contributed by atoms with Crippen molar-refractivity contribution in [2.24, 2.45) is 5.92 Å². The van der Waals surface area contributed by atoms with E-state index >= 15 is 0 Å². The molecule has 0 saturated carbocycles. The van der Waals surface area contributed by atoms with E-state index in [-0.39, 0.29) is 0 Å². The summed E-state index contributed by atoms with van der Waals surface area (Å²) < 4.78 is 6.07. The average Bonchev–Trinajstić information content (AvgIpc) is 2.47. The summed E-state index contributed by atoms with van der Waals surface area (Å²) in [6.45, 7) is 5.34. The summed E-state index contributed by atoms with van der Waals surface area (Å²) in [7, 11) is 0. The number of hydrogen-bond donors (Lipinski definition) is 0. The molecule has 0 aliphatic heterocycles. The lowest BCUT2D eigenvalue weighted by Gasteiger charge is -2.16. The summed E-state index contributed by atoms with van der Waals surface area (Å²) in [4.78, 5) is 0. The Bertz CT molecular complexity index is 499. The maximum Gasteiger partial charge on any atom is 0.127 e. The molecule has 0 aromatic heterocycles. The summed E-state index contributed by atoms with van der Waals surface area (Å²) in [5, 5.41) is 2.47. The van der Waals surface area contributed by atoms with Crippen molar-refractivity contribution in [3.05, 3.63) is 42.5 Å². The van der Waals surface area contributed by atoms with Crippen molar-refractivity contribution < 1.29 is 4.74 Å². The maximum atomic E-state index is 6.07. The summed E-state index contributed by atoms with van der Waals surface area (Å²) in [6.07, 6.45) is 5.05. The van der Waals surface area contributed by atoms with E-state index in [1.807, 2.05) is 0 Å². The van der Waals surface area contributed by atoms with Gasteiger partial charge in [0, 0.05) is 5.39 Å². The molecule has 0 radical (unpaired) electrons. The van der Waals surface area contributed by atoms with E-state index in [1.165, 1.54) is 36.5 Å². The van der Waals surface area contributed by atoms with Gasteiger partial charge in [0.1, 0.15) is 5.75 Å². The minimum Gasteiger partial charge on any atom is -0.493 e. The van der Waals surface area contributed by atoms with E-state index in [1.54, 1.807) is 0 Å². The lowest BCUT2D eigenvalue weighted by Crippen LogP contribution is -2.11. The first-order valence-electron chi connectivity index (χ1n) is 7.45. The summed E-state index contributed by atoms with van der Waals surface area (Å²) >= 11 is 0. The quantitative estimate of drug-likeness (QED) is 0.641. The molecule has 0 spiro atoms. The Balaban J connectivity index is 2.04. The molecule has 1 unspecified atom stereocenters. The molecular weight excluding hydrogens is 232 g/mol. The average molecular weight is 256 g/mol. The van der Waals surface area contributed by atoms with Crippen molar-refractivity contribution in [1.82, 2.24) is 0 Å². The predicted molar refractivity (Wildman–Crippen MR) is 82.7 cm³/mol. The van der Waals surface area contributed by atoms with E-state index < -0.39 is 0 Å². The Hall–Kier alpha value is -1.50. The van der Waals surface area contributed by atoms with Crippen molar-refractivity contribution in [3.63, 3.8) is 0 Å². The molecule has 2 aromatic rings. The molecule has 1 atom stereocenters. The van der Waals surface area contributed by atoms with Gasteiger partial charge in [-0.05, 0) is 23.8 Å². The van der Waals surface area contributed by atoms with Crippen LogP contribution in [0.15, 0.2) is 42.5 Å². The molecule has 0 saturated heterocycles. The summed E-state index contributed by atoms with van der Waals surface area (Å²) in [6, 6.07) is 14.7. The van der Waals surface area contributed by atoms with Crippen LogP contribution in [-0.2, 0) is 0 Å². The van der Waals surface area contributed by atoms with Gasteiger partial charge in [-0.2, -0.15) is 0 Å². The monoisotopic (exact) mass is 256 g/mol. The van der Waals surface area contributed by atoms with Crippen molar-refractivity contribution in [3.8, 4) is 5.75 Å². The van der Waals surface area contributed by atoms with E-state index in [0.29, 0.717) is 5.92 Å². The van der Waals surface area contributed by atoms with Crippen molar-refractivity contribution in [2.75, 3.05) is 6.61 Å². The van der Waals surface area contributed by atoms with Gasteiger partial charge >= 0.3 is 0 Å². The van der Waals surface area contributed by atoms with E-state index in [4.69, 9.17) is 4.74 Å². The van der Waals surface area contributed by atoms with E-state index in [2.05, 4.69) is 56.3 Å². The van der Waals surface area contributed by atoms with Gasteiger partial charge in [0.15, 0.2) is 0 Å². The number of fused-ring (bicyclic) bond motifs is 1. The van der Waals surface area contributed by atoms with Crippen molar-refractivity contribution in [1.29, 1.82) is 0 Å². The van der Waals surface area contributed by atoms with E-state index in [9.17, 15) is 0 Å². The minimum atomic E-state index is 0.680. The van der Waals surface area contributed by atoms with Gasteiger partial charge < -0.3 is 4.74 Å². The lowest BCUT2D eigenvalue weighted by molar-refractivity contribution is 0.235. The molecule has 19 heavy (non-hydrogen) atoms. The Morgan fingerprint density at radius 1 is 1.00 bits per heavy atom. The number of benzene rings is 2. The zero-order valence-electron chi connectivity index (χ0n) is 12.1. The van der Waals surface area contributed by atoms with Crippen LogP contribution in [0.2, 0.25) is 0 Å². The first-order valence-corrected chi connectivity index (χ1v) is 7.45. The number of ether oxygens (including phenoxy) is 1. The van der Waals surface area contributed by atoms with Crippen LogP contribution >= 0.6 is 0 Å². The van der Waals surface area contributed by atoms with Crippen LogP contribution in [0.25, 0.3) is 10.8 Å². The molecule has 2 aromatic carbocycles. The second-order valence-electron chi connectivity index (χ2n) is 5.20. The maximum absolute atomic E-state index is 6.07. The summed E-state index contributed by atoms with van der Waals surface area (Å²) in [5.74, 6) is 1.70. The molecule has 0 bridgehead atoms. The van der Waals surface area contributed by atoms with Crippen LogP contribution in [-0.4, -0.2) is 6.61 Å². The molecule has 0 heterocycles.